The fraction of sp³-hybridized carbons (Fsp3) is 0.278. The van der Waals surface area contributed by atoms with Gasteiger partial charge in [-0.3, -0.25) is 14.9 Å². The molecule has 0 saturated carbocycles. The molecule has 2 rings (SSSR count). The van der Waals surface area contributed by atoms with Gasteiger partial charge in [0.05, 0.1) is 26.3 Å². The van der Waals surface area contributed by atoms with Gasteiger partial charge in [-0.25, -0.2) is 4.39 Å². The fourth-order valence-electron chi connectivity index (χ4n) is 2.56. The molecule has 144 valence electrons. The molecule has 1 amide bonds. The predicted molar refractivity (Wildman–Crippen MR) is 95.2 cm³/mol. The van der Waals surface area contributed by atoms with E-state index in [1.54, 1.807) is 12.1 Å². The molecule has 0 heterocycles. The van der Waals surface area contributed by atoms with E-state index in [0.717, 1.165) is 5.56 Å². The monoisotopic (exact) mass is 378 g/mol. The highest BCUT2D eigenvalue weighted by atomic mass is 19.1. The van der Waals surface area contributed by atoms with Crippen molar-refractivity contribution in [3.8, 4) is 17.2 Å². The highest BCUT2D eigenvalue weighted by Gasteiger charge is 2.32. The van der Waals surface area contributed by atoms with Gasteiger partial charge >= 0.3 is 5.69 Å². The molecule has 8 nitrogen and oxygen atoms in total. The fourth-order valence-corrected chi connectivity index (χ4v) is 2.56. The lowest BCUT2D eigenvalue weighted by Crippen LogP contribution is -2.26. The van der Waals surface area contributed by atoms with Crippen molar-refractivity contribution in [2.75, 3.05) is 27.9 Å². The summed E-state index contributed by atoms with van der Waals surface area (Å²) in [6.45, 7) is 0.207. The molecule has 1 N–H and O–H groups in total. The number of hydrogen-bond acceptors (Lipinski definition) is 6. The second kappa shape index (κ2) is 8.84. The molecular weight excluding hydrogens is 359 g/mol. The van der Waals surface area contributed by atoms with Crippen LogP contribution >= 0.6 is 0 Å². The van der Waals surface area contributed by atoms with Gasteiger partial charge < -0.3 is 19.5 Å². The van der Waals surface area contributed by atoms with Gasteiger partial charge in [0.2, 0.25) is 11.5 Å². The minimum absolute atomic E-state index is 0.0227. The van der Waals surface area contributed by atoms with E-state index in [-0.39, 0.29) is 35.2 Å². The van der Waals surface area contributed by atoms with Crippen LogP contribution < -0.4 is 19.5 Å². The van der Waals surface area contributed by atoms with Crippen molar-refractivity contribution in [2.24, 2.45) is 0 Å². The normalized spacial score (nSPS) is 10.2. The lowest BCUT2D eigenvalue weighted by Gasteiger charge is -2.15. The van der Waals surface area contributed by atoms with Crippen molar-refractivity contribution in [3.63, 3.8) is 0 Å². The van der Waals surface area contributed by atoms with Gasteiger partial charge in [-0.1, -0.05) is 12.1 Å². The second-order valence-corrected chi connectivity index (χ2v) is 5.43. The first-order valence-corrected chi connectivity index (χ1v) is 7.92. The molecule has 27 heavy (non-hydrogen) atoms. The third-order valence-electron chi connectivity index (χ3n) is 3.84. The number of benzene rings is 2. The molecule has 0 aromatic heterocycles. The van der Waals surface area contributed by atoms with Crippen molar-refractivity contribution in [1.82, 2.24) is 5.32 Å². The summed E-state index contributed by atoms with van der Waals surface area (Å²) in [6, 6.07) is 7.07. The third kappa shape index (κ3) is 4.43. The summed E-state index contributed by atoms with van der Waals surface area (Å²) >= 11 is 0. The Morgan fingerprint density at radius 2 is 1.74 bits per heavy atom. The number of nitrogens with zero attached hydrogens (tertiary/aromatic N) is 1. The smallest absolute Gasteiger partial charge is 0.327 e. The number of hydrogen-bond donors (Lipinski definition) is 1. The quantitative estimate of drug-likeness (QED) is 0.560. The Labute approximate surface area is 155 Å². The van der Waals surface area contributed by atoms with Gasteiger partial charge in [0.25, 0.3) is 5.91 Å². The number of nitro benzene ring substituents is 1. The van der Waals surface area contributed by atoms with E-state index in [1.165, 1.54) is 39.5 Å². The summed E-state index contributed by atoms with van der Waals surface area (Å²) in [6.07, 6.45) is 0.435. The van der Waals surface area contributed by atoms with Gasteiger partial charge in [0.15, 0.2) is 5.75 Å². The van der Waals surface area contributed by atoms with Crippen LogP contribution in [0.25, 0.3) is 0 Å². The lowest BCUT2D eigenvalue weighted by molar-refractivity contribution is -0.386. The lowest BCUT2D eigenvalue weighted by atomic mass is 10.1. The second-order valence-electron chi connectivity index (χ2n) is 5.43. The van der Waals surface area contributed by atoms with E-state index in [4.69, 9.17) is 14.2 Å². The number of halogens is 1. The van der Waals surface area contributed by atoms with Gasteiger partial charge in [-0.15, -0.1) is 0 Å². The van der Waals surface area contributed by atoms with Crippen molar-refractivity contribution >= 4 is 11.6 Å². The summed E-state index contributed by atoms with van der Waals surface area (Å²) in [7, 11) is 3.90. The first-order valence-electron chi connectivity index (χ1n) is 7.92. The molecular formula is C18H19FN2O6. The Balaban J connectivity index is 2.28. The van der Waals surface area contributed by atoms with Crippen molar-refractivity contribution in [3.05, 3.63) is 57.4 Å². The molecule has 0 atom stereocenters. The molecule has 0 aliphatic heterocycles. The average Bonchev–Trinajstić information content (AvgIpc) is 2.67. The van der Waals surface area contributed by atoms with E-state index in [1.807, 2.05) is 0 Å². The molecule has 0 radical (unpaired) electrons. The van der Waals surface area contributed by atoms with Crippen LogP contribution in [0.1, 0.15) is 15.9 Å². The van der Waals surface area contributed by atoms with Gasteiger partial charge in [-0.2, -0.15) is 0 Å². The van der Waals surface area contributed by atoms with E-state index in [0.29, 0.717) is 6.42 Å². The number of methoxy groups -OCH3 is 3. The zero-order chi connectivity index (χ0) is 20.0. The van der Waals surface area contributed by atoms with Crippen LogP contribution in [0.4, 0.5) is 10.1 Å². The number of ether oxygens (including phenoxy) is 3. The van der Waals surface area contributed by atoms with Crippen molar-refractivity contribution in [1.29, 1.82) is 0 Å². The summed E-state index contributed by atoms with van der Waals surface area (Å²) in [5.41, 5.74) is 0.0825. The van der Waals surface area contributed by atoms with E-state index < -0.39 is 16.5 Å². The molecule has 9 heteroatoms. The van der Waals surface area contributed by atoms with Crippen LogP contribution in [0.2, 0.25) is 0 Å². The highest BCUT2D eigenvalue weighted by molar-refractivity contribution is 6.00. The van der Waals surface area contributed by atoms with Crippen molar-refractivity contribution in [2.45, 2.75) is 6.42 Å². The van der Waals surface area contributed by atoms with Gasteiger partial charge in [0, 0.05) is 12.6 Å². The number of nitrogens with one attached hydrogen (secondary N) is 1. The van der Waals surface area contributed by atoms with Crippen LogP contribution in [-0.2, 0) is 6.42 Å². The maximum Gasteiger partial charge on any atom is 0.327 e. The Kier molecular flexibility index (Phi) is 6.53. The maximum atomic E-state index is 12.9. The first kappa shape index (κ1) is 20.0. The summed E-state index contributed by atoms with van der Waals surface area (Å²) in [4.78, 5) is 23.3. The van der Waals surface area contributed by atoms with Crippen LogP contribution in [0.5, 0.6) is 17.2 Å². The number of nitro groups is 1. The molecule has 0 bridgehead atoms. The number of carbonyl (C=O) groups excluding carboxylic acids is 1. The number of amides is 1. The van der Waals surface area contributed by atoms with E-state index >= 15 is 0 Å². The highest BCUT2D eigenvalue weighted by Crippen LogP contribution is 2.46. The Morgan fingerprint density at radius 1 is 1.11 bits per heavy atom. The number of carbonyl (C=O) groups is 1. The third-order valence-corrected chi connectivity index (χ3v) is 3.84. The Hall–Kier alpha value is -3.36. The molecule has 2 aromatic carbocycles. The van der Waals surface area contributed by atoms with Crippen LogP contribution in [-0.4, -0.2) is 38.7 Å². The van der Waals surface area contributed by atoms with E-state index in [2.05, 4.69) is 5.32 Å². The van der Waals surface area contributed by atoms with Crippen LogP contribution in [0.15, 0.2) is 30.3 Å². The molecule has 0 aliphatic carbocycles. The predicted octanol–water partition coefficient (Wildman–Crippen LogP) is 2.73. The van der Waals surface area contributed by atoms with Crippen LogP contribution in [0.3, 0.4) is 0 Å². The molecule has 0 unspecified atom stereocenters. The molecule has 0 saturated heterocycles. The number of rotatable bonds is 8. The minimum Gasteiger partial charge on any atom is -0.493 e. The topological polar surface area (TPSA) is 99.9 Å². The van der Waals surface area contributed by atoms with Crippen LogP contribution in [0, 0.1) is 15.9 Å². The minimum atomic E-state index is -0.713. The largest absolute Gasteiger partial charge is 0.493 e. The summed E-state index contributed by atoms with van der Waals surface area (Å²) < 4.78 is 28.3. The summed E-state index contributed by atoms with van der Waals surface area (Å²) in [5.74, 6) is -1.07. The Bertz CT molecular complexity index is 839. The first-order chi connectivity index (χ1) is 12.9. The molecule has 0 fully saturated rings. The Morgan fingerprint density at radius 3 is 2.26 bits per heavy atom. The zero-order valence-electron chi connectivity index (χ0n) is 15.1. The SMILES string of the molecule is COc1cc(C(=O)NCCc2ccc(F)cc2)c([N+](=O)[O-])c(OC)c1OC. The summed E-state index contributed by atoms with van der Waals surface area (Å²) in [5, 5.41) is 14.1. The maximum absolute atomic E-state index is 12.9. The standard InChI is InChI=1S/C18H19FN2O6/c1-25-14-10-13(15(21(23)24)17(27-3)16(14)26-2)18(22)20-9-8-11-4-6-12(19)7-5-11/h4-7,10H,8-9H2,1-3H3,(H,20,22). The van der Waals surface area contributed by atoms with E-state index in [9.17, 15) is 19.3 Å². The zero-order valence-corrected chi connectivity index (χ0v) is 15.1. The van der Waals surface area contributed by atoms with Crippen molar-refractivity contribution < 1.29 is 28.3 Å². The van der Waals surface area contributed by atoms with Gasteiger partial charge in [0.1, 0.15) is 11.4 Å². The molecule has 2 aromatic rings. The average molecular weight is 378 g/mol. The van der Waals surface area contributed by atoms with Gasteiger partial charge in [-0.05, 0) is 24.1 Å². The molecule has 0 spiro atoms. The molecule has 0 aliphatic rings.